The summed E-state index contributed by atoms with van der Waals surface area (Å²) in [6, 6.07) is 4.04. The Bertz CT molecular complexity index is 654. The summed E-state index contributed by atoms with van der Waals surface area (Å²) in [7, 11) is 0. The highest BCUT2D eigenvalue weighted by Gasteiger charge is 2.29. The molecule has 8 nitrogen and oxygen atoms in total. The van der Waals surface area contributed by atoms with Gasteiger partial charge in [0, 0.05) is 31.0 Å². The number of hydrogen-bond acceptors (Lipinski definition) is 6. The monoisotopic (exact) mass is 315 g/mol. The molecular formula is C15H21N7O. The van der Waals surface area contributed by atoms with Gasteiger partial charge < -0.3 is 10.2 Å². The summed E-state index contributed by atoms with van der Waals surface area (Å²) in [5.41, 5.74) is 1.30. The van der Waals surface area contributed by atoms with E-state index in [0.29, 0.717) is 18.2 Å². The number of carbonyl (C=O) groups is 1. The molecule has 3 rings (SSSR count). The molecule has 0 atom stereocenters. The van der Waals surface area contributed by atoms with E-state index < -0.39 is 0 Å². The van der Waals surface area contributed by atoms with E-state index in [9.17, 15) is 4.79 Å². The molecule has 0 unspecified atom stereocenters. The van der Waals surface area contributed by atoms with Gasteiger partial charge in [0.05, 0.1) is 11.9 Å². The van der Waals surface area contributed by atoms with Gasteiger partial charge in [-0.25, -0.2) is 0 Å². The highest BCUT2D eigenvalue weighted by molar-refractivity contribution is 5.91. The van der Waals surface area contributed by atoms with Crippen molar-refractivity contribution in [3.05, 3.63) is 29.7 Å². The number of anilines is 1. The van der Waals surface area contributed by atoms with Gasteiger partial charge in [0.1, 0.15) is 0 Å². The first-order valence-corrected chi connectivity index (χ1v) is 7.66. The molecule has 1 aliphatic heterocycles. The summed E-state index contributed by atoms with van der Waals surface area (Å²) in [6.07, 6.45) is 1.41. The molecule has 122 valence electrons. The van der Waals surface area contributed by atoms with Crippen molar-refractivity contribution in [1.29, 1.82) is 0 Å². The van der Waals surface area contributed by atoms with Crippen molar-refractivity contribution in [3.8, 4) is 0 Å². The molecule has 3 heterocycles. The van der Waals surface area contributed by atoms with E-state index in [4.69, 9.17) is 0 Å². The van der Waals surface area contributed by atoms with Crippen LogP contribution in [-0.4, -0.2) is 51.1 Å². The molecule has 0 aromatic carbocycles. The molecule has 0 aliphatic carbocycles. The molecular weight excluding hydrogens is 294 g/mol. The van der Waals surface area contributed by atoms with E-state index in [2.05, 4.69) is 56.6 Å². The molecule has 8 heteroatoms. The van der Waals surface area contributed by atoms with E-state index in [0.717, 1.165) is 24.6 Å². The van der Waals surface area contributed by atoms with Crippen LogP contribution in [0.25, 0.3) is 0 Å². The van der Waals surface area contributed by atoms with Crippen molar-refractivity contribution >= 4 is 11.7 Å². The van der Waals surface area contributed by atoms with Gasteiger partial charge in [-0.15, -0.1) is 5.10 Å². The quantitative estimate of drug-likeness (QED) is 0.864. The number of rotatable bonds is 4. The van der Waals surface area contributed by atoms with Gasteiger partial charge in [0.15, 0.2) is 11.5 Å². The minimum Gasteiger partial charge on any atom is -0.354 e. The third-order valence-corrected chi connectivity index (χ3v) is 3.90. The summed E-state index contributed by atoms with van der Waals surface area (Å²) in [5, 5.41) is 21.3. The van der Waals surface area contributed by atoms with E-state index >= 15 is 0 Å². The normalized spacial score (nSPS) is 15.3. The van der Waals surface area contributed by atoms with Crippen molar-refractivity contribution in [2.75, 3.05) is 24.5 Å². The van der Waals surface area contributed by atoms with Crippen molar-refractivity contribution in [2.45, 2.75) is 26.2 Å². The van der Waals surface area contributed by atoms with E-state index in [-0.39, 0.29) is 11.3 Å². The van der Waals surface area contributed by atoms with Crippen LogP contribution >= 0.6 is 0 Å². The van der Waals surface area contributed by atoms with Gasteiger partial charge in [-0.1, -0.05) is 20.8 Å². The van der Waals surface area contributed by atoms with Crippen molar-refractivity contribution in [2.24, 2.45) is 5.92 Å². The van der Waals surface area contributed by atoms with Crippen LogP contribution in [0.15, 0.2) is 18.3 Å². The fourth-order valence-electron chi connectivity index (χ4n) is 2.42. The van der Waals surface area contributed by atoms with Gasteiger partial charge in [-0.2, -0.15) is 20.5 Å². The Morgan fingerprint density at radius 1 is 1.35 bits per heavy atom. The molecule has 1 fully saturated rings. The Morgan fingerprint density at radius 3 is 2.70 bits per heavy atom. The fraction of sp³-hybridized carbons (Fsp3) is 0.533. The molecule has 2 aromatic rings. The van der Waals surface area contributed by atoms with Crippen LogP contribution in [0.5, 0.6) is 0 Å². The SMILES string of the molecule is CC(C)(C)c1ccc(N2CC(CNC(=O)c3cn[nH]n3)C2)nn1. The minimum atomic E-state index is -0.202. The predicted octanol–water partition coefficient (Wildman–Crippen LogP) is 0.758. The Kier molecular flexibility index (Phi) is 3.97. The second kappa shape index (κ2) is 5.94. The van der Waals surface area contributed by atoms with Gasteiger partial charge in [0.2, 0.25) is 0 Å². The van der Waals surface area contributed by atoms with Gasteiger partial charge in [0.25, 0.3) is 5.91 Å². The fourth-order valence-corrected chi connectivity index (χ4v) is 2.42. The summed E-state index contributed by atoms with van der Waals surface area (Å²) < 4.78 is 0. The lowest BCUT2D eigenvalue weighted by Gasteiger charge is -2.40. The van der Waals surface area contributed by atoms with Crippen LogP contribution in [-0.2, 0) is 5.41 Å². The largest absolute Gasteiger partial charge is 0.354 e. The molecule has 1 amide bonds. The summed E-state index contributed by atoms with van der Waals surface area (Å²) in [5.74, 6) is 1.10. The molecule has 1 saturated heterocycles. The molecule has 0 spiro atoms. The standard InChI is InChI=1S/C15H21N7O/c1-15(2,3)12-4-5-13(20-19-12)22-8-10(9-22)6-16-14(23)11-7-17-21-18-11/h4-5,7,10H,6,8-9H2,1-3H3,(H,16,23)(H,17,18,21). The molecule has 2 aromatic heterocycles. The maximum absolute atomic E-state index is 11.8. The predicted molar refractivity (Wildman–Crippen MR) is 85.2 cm³/mol. The smallest absolute Gasteiger partial charge is 0.273 e. The average molecular weight is 315 g/mol. The first kappa shape index (κ1) is 15.4. The van der Waals surface area contributed by atoms with Gasteiger partial charge in [-0.05, 0) is 12.1 Å². The number of H-pyrrole nitrogens is 1. The third-order valence-electron chi connectivity index (χ3n) is 3.90. The molecule has 0 bridgehead atoms. The van der Waals surface area contributed by atoms with Crippen molar-refractivity contribution < 1.29 is 4.79 Å². The van der Waals surface area contributed by atoms with Crippen LogP contribution in [0.1, 0.15) is 37.0 Å². The number of carbonyl (C=O) groups excluding carboxylic acids is 1. The summed E-state index contributed by atoms with van der Waals surface area (Å²) >= 11 is 0. The van der Waals surface area contributed by atoms with Crippen LogP contribution in [0.2, 0.25) is 0 Å². The van der Waals surface area contributed by atoms with E-state index in [1.165, 1.54) is 6.20 Å². The first-order chi connectivity index (χ1) is 10.9. The Balaban J connectivity index is 1.46. The minimum absolute atomic E-state index is 0.00835. The highest BCUT2D eigenvalue weighted by atomic mass is 16.2. The Hall–Kier alpha value is -2.51. The summed E-state index contributed by atoms with van der Waals surface area (Å²) in [6.45, 7) is 8.71. The van der Waals surface area contributed by atoms with Gasteiger partial charge >= 0.3 is 0 Å². The maximum atomic E-state index is 11.8. The zero-order valence-electron chi connectivity index (χ0n) is 13.6. The lowest BCUT2D eigenvalue weighted by Crippen LogP contribution is -2.52. The number of nitrogens with zero attached hydrogens (tertiary/aromatic N) is 5. The van der Waals surface area contributed by atoms with Crippen LogP contribution in [0.3, 0.4) is 0 Å². The number of aromatic amines is 1. The van der Waals surface area contributed by atoms with E-state index in [1.54, 1.807) is 0 Å². The molecule has 2 N–H and O–H groups in total. The highest BCUT2D eigenvalue weighted by Crippen LogP contribution is 2.24. The topological polar surface area (TPSA) is 99.7 Å². The number of amides is 1. The maximum Gasteiger partial charge on any atom is 0.273 e. The zero-order chi connectivity index (χ0) is 16.4. The second-order valence-electron chi connectivity index (χ2n) is 6.86. The summed E-state index contributed by atoms with van der Waals surface area (Å²) in [4.78, 5) is 13.9. The second-order valence-corrected chi connectivity index (χ2v) is 6.86. The molecule has 23 heavy (non-hydrogen) atoms. The third kappa shape index (κ3) is 3.46. The zero-order valence-corrected chi connectivity index (χ0v) is 13.6. The van der Waals surface area contributed by atoms with Crippen molar-refractivity contribution in [1.82, 2.24) is 30.9 Å². The Morgan fingerprint density at radius 2 is 2.13 bits per heavy atom. The lowest BCUT2D eigenvalue weighted by molar-refractivity contribution is 0.0939. The Labute approximate surface area is 134 Å². The number of nitrogens with one attached hydrogen (secondary N) is 2. The lowest BCUT2D eigenvalue weighted by atomic mass is 9.92. The van der Waals surface area contributed by atoms with Gasteiger partial charge in [-0.3, -0.25) is 4.79 Å². The van der Waals surface area contributed by atoms with Crippen molar-refractivity contribution in [3.63, 3.8) is 0 Å². The molecule has 1 aliphatic rings. The first-order valence-electron chi connectivity index (χ1n) is 7.66. The number of aromatic nitrogens is 5. The molecule has 0 saturated carbocycles. The number of hydrogen-bond donors (Lipinski definition) is 2. The van der Waals surface area contributed by atoms with E-state index in [1.807, 2.05) is 12.1 Å². The van der Waals surface area contributed by atoms with Crippen LogP contribution < -0.4 is 10.2 Å². The van der Waals surface area contributed by atoms with Crippen LogP contribution in [0.4, 0.5) is 5.82 Å². The van der Waals surface area contributed by atoms with Crippen LogP contribution in [0, 0.1) is 5.92 Å². The molecule has 0 radical (unpaired) electrons. The average Bonchev–Trinajstić information content (AvgIpc) is 2.99.